The molecular weight excluding hydrogens is 402 g/mol. The van der Waals surface area contributed by atoms with E-state index in [1.807, 2.05) is 30.3 Å². The van der Waals surface area contributed by atoms with Crippen LogP contribution in [0.25, 0.3) is 16.8 Å². The van der Waals surface area contributed by atoms with E-state index in [1.165, 1.54) is 42.9 Å². The summed E-state index contributed by atoms with van der Waals surface area (Å²) in [6, 6.07) is 11.5. The molecule has 0 aliphatic heterocycles. The third-order valence-corrected chi connectivity index (χ3v) is 5.60. The summed E-state index contributed by atoms with van der Waals surface area (Å²) in [5, 5.41) is 12.3. The van der Waals surface area contributed by atoms with Crippen molar-refractivity contribution in [2.45, 2.75) is 71.1 Å². The van der Waals surface area contributed by atoms with Crippen molar-refractivity contribution in [3.05, 3.63) is 52.6 Å². The molecule has 0 spiro atoms. The van der Waals surface area contributed by atoms with Crippen LogP contribution in [0.4, 0.5) is 5.95 Å². The van der Waals surface area contributed by atoms with Gasteiger partial charge in [0.2, 0.25) is 11.9 Å². The van der Waals surface area contributed by atoms with Gasteiger partial charge in [0.1, 0.15) is 11.6 Å². The number of nitrogens with one attached hydrogen (secondary N) is 2. The quantitative estimate of drug-likeness (QED) is 0.372. The standard InChI is InChI=1S/C25H31N5O2/c1-2-3-4-5-6-7-8-9-13-16-22(31)27-24-28-23-20(17-26)21(18-30(23)25(32)29-24)19-14-11-10-12-15-19/h10-12,14-15,18H,2-9,13,16H2,1H3,(H2,27,28,29,31,32). The predicted molar refractivity (Wildman–Crippen MR) is 126 cm³/mol. The summed E-state index contributed by atoms with van der Waals surface area (Å²) in [6.45, 7) is 2.22. The number of carbonyl (C=O) groups is 1. The Morgan fingerprint density at radius 3 is 2.38 bits per heavy atom. The number of fused-ring (bicyclic) bond motifs is 1. The number of rotatable bonds is 12. The lowest BCUT2D eigenvalue weighted by Gasteiger charge is -2.05. The van der Waals surface area contributed by atoms with Gasteiger partial charge in [0.15, 0.2) is 5.65 Å². The molecule has 168 valence electrons. The maximum Gasteiger partial charge on any atom is 0.334 e. The van der Waals surface area contributed by atoms with Gasteiger partial charge in [-0.05, 0) is 12.0 Å². The van der Waals surface area contributed by atoms with Crippen LogP contribution in [0, 0.1) is 11.3 Å². The maximum atomic E-state index is 12.5. The van der Waals surface area contributed by atoms with Gasteiger partial charge in [-0.1, -0.05) is 88.6 Å². The minimum absolute atomic E-state index is 0.0673. The van der Waals surface area contributed by atoms with Gasteiger partial charge in [0.25, 0.3) is 0 Å². The van der Waals surface area contributed by atoms with Gasteiger partial charge in [-0.25, -0.2) is 4.79 Å². The normalized spacial score (nSPS) is 10.9. The van der Waals surface area contributed by atoms with Crippen molar-refractivity contribution in [3.8, 4) is 17.2 Å². The first-order chi connectivity index (χ1) is 15.6. The number of hydrogen-bond donors (Lipinski definition) is 2. The van der Waals surface area contributed by atoms with E-state index in [2.05, 4.69) is 28.3 Å². The molecule has 1 aromatic carbocycles. The highest BCUT2D eigenvalue weighted by molar-refractivity contribution is 5.89. The fourth-order valence-corrected chi connectivity index (χ4v) is 3.85. The fraction of sp³-hybridized carbons (Fsp3) is 0.440. The second-order valence-corrected chi connectivity index (χ2v) is 8.11. The molecule has 2 N–H and O–H groups in total. The number of nitrogens with zero attached hydrogens (tertiary/aromatic N) is 3. The first-order valence-electron chi connectivity index (χ1n) is 11.5. The van der Waals surface area contributed by atoms with Gasteiger partial charge in [-0.2, -0.15) is 10.2 Å². The molecule has 0 saturated carbocycles. The summed E-state index contributed by atoms with van der Waals surface area (Å²) in [6.07, 6.45) is 12.6. The zero-order valence-electron chi connectivity index (χ0n) is 18.7. The molecule has 32 heavy (non-hydrogen) atoms. The molecule has 0 bridgehead atoms. The first kappa shape index (κ1) is 23.3. The second-order valence-electron chi connectivity index (χ2n) is 8.11. The molecule has 0 aliphatic rings. The third-order valence-electron chi connectivity index (χ3n) is 5.60. The van der Waals surface area contributed by atoms with Gasteiger partial charge in [0, 0.05) is 18.2 Å². The van der Waals surface area contributed by atoms with E-state index in [0.717, 1.165) is 24.8 Å². The molecule has 0 aliphatic carbocycles. The smallest absolute Gasteiger partial charge is 0.296 e. The lowest BCUT2D eigenvalue weighted by Crippen LogP contribution is -2.22. The third kappa shape index (κ3) is 6.07. The van der Waals surface area contributed by atoms with Crippen molar-refractivity contribution in [2.24, 2.45) is 0 Å². The average Bonchev–Trinajstić information content (AvgIpc) is 3.17. The van der Waals surface area contributed by atoms with Crippen LogP contribution in [0.1, 0.15) is 76.7 Å². The van der Waals surface area contributed by atoms with Gasteiger partial charge >= 0.3 is 5.69 Å². The number of hydrogen-bond acceptors (Lipinski definition) is 4. The SMILES string of the molecule is CCCCCCCCCCCC(=O)Nc1nc2c(C#N)c(-c3ccccc3)cn2c(=O)[nH]1. The van der Waals surface area contributed by atoms with Crippen LogP contribution in [0.3, 0.4) is 0 Å². The number of aromatic amines is 1. The molecule has 1 amide bonds. The van der Waals surface area contributed by atoms with Crippen molar-refractivity contribution in [1.29, 1.82) is 5.26 Å². The number of benzene rings is 1. The zero-order valence-corrected chi connectivity index (χ0v) is 18.7. The van der Waals surface area contributed by atoms with E-state index >= 15 is 0 Å². The number of nitriles is 1. The Labute approximate surface area is 188 Å². The second kappa shape index (κ2) is 11.8. The Hall–Kier alpha value is -3.40. The molecule has 0 saturated heterocycles. The van der Waals surface area contributed by atoms with E-state index < -0.39 is 5.69 Å². The van der Waals surface area contributed by atoms with Crippen LogP contribution < -0.4 is 11.0 Å². The Morgan fingerprint density at radius 2 is 1.72 bits per heavy atom. The molecule has 0 radical (unpaired) electrons. The van der Waals surface area contributed by atoms with E-state index in [4.69, 9.17) is 0 Å². The van der Waals surface area contributed by atoms with Crippen molar-refractivity contribution in [2.75, 3.05) is 5.32 Å². The molecule has 3 aromatic rings. The van der Waals surface area contributed by atoms with Crippen LogP contribution in [-0.2, 0) is 4.79 Å². The maximum absolute atomic E-state index is 12.5. The van der Waals surface area contributed by atoms with Gasteiger partial charge in [0.05, 0.1) is 0 Å². The van der Waals surface area contributed by atoms with Crippen LogP contribution in [0.2, 0.25) is 0 Å². The van der Waals surface area contributed by atoms with E-state index in [-0.39, 0.29) is 17.5 Å². The first-order valence-corrected chi connectivity index (χ1v) is 11.5. The van der Waals surface area contributed by atoms with Crippen molar-refractivity contribution in [1.82, 2.24) is 14.4 Å². The van der Waals surface area contributed by atoms with Crippen molar-refractivity contribution in [3.63, 3.8) is 0 Å². The molecule has 7 heteroatoms. The summed E-state index contributed by atoms with van der Waals surface area (Å²) in [4.78, 5) is 31.8. The summed E-state index contributed by atoms with van der Waals surface area (Å²) < 4.78 is 1.30. The molecule has 0 atom stereocenters. The number of H-pyrrole nitrogens is 1. The summed E-state index contributed by atoms with van der Waals surface area (Å²) in [7, 11) is 0. The number of amides is 1. The Bertz CT molecular complexity index is 1120. The minimum Gasteiger partial charge on any atom is -0.296 e. The van der Waals surface area contributed by atoms with Crippen LogP contribution >= 0.6 is 0 Å². The Balaban J connectivity index is 1.58. The number of aromatic nitrogens is 3. The summed E-state index contributed by atoms with van der Waals surface area (Å²) >= 11 is 0. The zero-order chi connectivity index (χ0) is 22.8. The number of carbonyl (C=O) groups excluding carboxylic acids is 1. The van der Waals surface area contributed by atoms with Crippen molar-refractivity contribution < 1.29 is 4.79 Å². The van der Waals surface area contributed by atoms with E-state index in [1.54, 1.807) is 6.20 Å². The monoisotopic (exact) mass is 433 g/mol. The topological polar surface area (TPSA) is 103 Å². The molecule has 2 aromatic heterocycles. The molecular formula is C25H31N5O2. The molecule has 3 rings (SSSR count). The molecule has 0 unspecified atom stereocenters. The summed E-state index contributed by atoms with van der Waals surface area (Å²) in [5.41, 5.74) is 1.53. The van der Waals surface area contributed by atoms with Crippen LogP contribution in [-0.4, -0.2) is 20.3 Å². The highest BCUT2D eigenvalue weighted by Crippen LogP contribution is 2.26. The largest absolute Gasteiger partial charge is 0.334 e. The van der Waals surface area contributed by atoms with Crippen molar-refractivity contribution >= 4 is 17.5 Å². The number of anilines is 1. The van der Waals surface area contributed by atoms with Gasteiger partial charge in [-0.3, -0.25) is 19.5 Å². The Morgan fingerprint density at radius 1 is 1.06 bits per heavy atom. The Kier molecular flexibility index (Phi) is 8.61. The highest BCUT2D eigenvalue weighted by atomic mass is 16.2. The van der Waals surface area contributed by atoms with Gasteiger partial charge < -0.3 is 0 Å². The van der Waals surface area contributed by atoms with Gasteiger partial charge in [-0.15, -0.1) is 0 Å². The lowest BCUT2D eigenvalue weighted by molar-refractivity contribution is -0.116. The average molecular weight is 434 g/mol. The predicted octanol–water partition coefficient (Wildman–Crippen LogP) is 5.42. The highest BCUT2D eigenvalue weighted by Gasteiger charge is 2.17. The number of unbranched alkanes of at least 4 members (excludes halogenated alkanes) is 8. The molecule has 2 heterocycles. The van der Waals surface area contributed by atoms with Crippen LogP contribution in [0.15, 0.2) is 41.3 Å². The minimum atomic E-state index is -0.452. The van der Waals surface area contributed by atoms with E-state index in [0.29, 0.717) is 17.5 Å². The van der Waals surface area contributed by atoms with E-state index in [9.17, 15) is 14.9 Å². The summed E-state index contributed by atoms with van der Waals surface area (Å²) in [5.74, 6) is -0.119. The fourth-order valence-electron chi connectivity index (χ4n) is 3.85. The molecule has 0 fully saturated rings. The molecule has 7 nitrogen and oxygen atoms in total. The van der Waals surface area contributed by atoms with Crippen LogP contribution in [0.5, 0.6) is 0 Å². The lowest BCUT2D eigenvalue weighted by atomic mass is 10.1.